The van der Waals surface area contributed by atoms with E-state index in [0.29, 0.717) is 30.0 Å². The van der Waals surface area contributed by atoms with E-state index in [-0.39, 0.29) is 12.6 Å². The molecule has 1 rings (SSSR count). The van der Waals surface area contributed by atoms with Crippen molar-refractivity contribution in [2.75, 3.05) is 23.8 Å². The minimum Gasteiger partial charge on any atom is -0.397 e. The molecule has 0 atom stereocenters. The van der Waals surface area contributed by atoms with Crippen molar-refractivity contribution in [1.29, 1.82) is 5.26 Å². The Morgan fingerprint density at radius 2 is 2.29 bits per heavy atom. The van der Waals surface area contributed by atoms with E-state index in [0.717, 1.165) is 0 Å². The third-order valence-corrected chi connectivity index (χ3v) is 2.46. The van der Waals surface area contributed by atoms with E-state index in [9.17, 15) is 0 Å². The van der Waals surface area contributed by atoms with Gasteiger partial charge in [-0.15, -0.1) is 0 Å². The van der Waals surface area contributed by atoms with E-state index in [1.165, 1.54) is 0 Å². The highest BCUT2D eigenvalue weighted by Gasteiger charge is 2.15. The number of rotatable bonds is 5. The van der Waals surface area contributed by atoms with E-state index >= 15 is 0 Å². The van der Waals surface area contributed by atoms with Crippen LogP contribution in [0.25, 0.3) is 0 Å². The zero-order valence-electron chi connectivity index (χ0n) is 10.2. The lowest BCUT2D eigenvalue weighted by Gasteiger charge is -2.28. The van der Waals surface area contributed by atoms with E-state index in [4.69, 9.17) is 16.1 Å². The summed E-state index contributed by atoms with van der Waals surface area (Å²) in [5.74, 6) is 0.630. The van der Waals surface area contributed by atoms with Crippen LogP contribution in [-0.4, -0.2) is 29.3 Å². The molecule has 0 aliphatic carbocycles. The molecule has 3 N–H and O–H groups in total. The smallest absolute Gasteiger partial charge is 0.146 e. The van der Waals surface area contributed by atoms with Gasteiger partial charge < -0.3 is 15.7 Å². The second-order valence-corrected chi connectivity index (χ2v) is 4.12. The molecule has 1 aromatic heterocycles. The number of hydrogen-bond donors (Lipinski definition) is 2. The molecule has 0 saturated heterocycles. The summed E-state index contributed by atoms with van der Waals surface area (Å²) < 4.78 is 0. The molecule has 1 heterocycles. The summed E-state index contributed by atoms with van der Waals surface area (Å²) >= 11 is 0. The van der Waals surface area contributed by atoms with Crippen molar-refractivity contribution in [2.45, 2.75) is 26.3 Å². The van der Waals surface area contributed by atoms with Gasteiger partial charge in [0.25, 0.3) is 0 Å². The van der Waals surface area contributed by atoms with Gasteiger partial charge in [0.05, 0.1) is 17.4 Å². The van der Waals surface area contributed by atoms with E-state index < -0.39 is 0 Å². The molecule has 0 unspecified atom stereocenters. The van der Waals surface area contributed by atoms with Crippen molar-refractivity contribution < 1.29 is 5.11 Å². The number of pyridine rings is 1. The molecular weight excluding hydrogens is 216 g/mol. The molecular formula is C12H18N4O. The first-order valence-electron chi connectivity index (χ1n) is 5.63. The minimum atomic E-state index is 0.125. The van der Waals surface area contributed by atoms with Crippen molar-refractivity contribution in [3.05, 3.63) is 17.8 Å². The third kappa shape index (κ3) is 3.33. The summed E-state index contributed by atoms with van der Waals surface area (Å²) in [5, 5.41) is 18.0. The molecule has 5 heteroatoms. The Labute approximate surface area is 101 Å². The summed E-state index contributed by atoms with van der Waals surface area (Å²) in [5.41, 5.74) is 6.56. The second-order valence-electron chi connectivity index (χ2n) is 4.12. The fraction of sp³-hybridized carbons (Fsp3) is 0.500. The molecule has 92 valence electrons. The van der Waals surface area contributed by atoms with Gasteiger partial charge in [0, 0.05) is 19.2 Å². The van der Waals surface area contributed by atoms with Crippen LogP contribution in [-0.2, 0) is 0 Å². The average molecular weight is 234 g/mol. The van der Waals surface area contributed by atoms with E-state index in [1.807, 2.05) is 18.7 Å². The second kappa shape index (κ2) is 6.06. The van der Waals surface area contributed by atoms with Crippen LogP contribution in [0.1, 0.15) is 25.8 Å². The first kappa shape index (κ1) is 13.3. The van der Waals surface area contributed by atoms with Gasteiger partial charge in [-0.05, 0) is 26.3 Å². The molecule has 0 aliphatic rings. The van der Waals surface area contributed by atoms with Crippen LogP contribution >= 0.6 is 0 Å². The Balaban J connectivity index is 3.05. The lowest BCUT2D eigenvalue weighted by molar-refractivity contribution is 0.288. The maximum absolute atomic E-state index is 9.08. The molecule has 5 nitrogen and oxygen atoms in total. The maximum Gasteiger partial charge on any atom is 0.146 e. The maximum atomic E-state index is 9.08. The summed E-state index contributed by atoms with van der Waals surface area (Å²) in [6.45, 7) is 4.84. The van der Waals surface area contributed by atoms with Gasteiger partial charge in [-0.2, -0.15) is 5.26 Å². The summed E-state index contributed by atoms with van der Waals surface area (Å²) in [7, 11) is 0. The fourth-order valence-corrected chi connectivity index (χ4v) is 1.63. The number of aliphatic hydroxyl groups excluding tert-OH is 1. The minimum absolute atomic E-state index is 0.125. The lowest BCUT2D eigenvalue weighted by atomic mass is 10.2. The van der Waals surface area contributed by atoms with Crippen molar-refractivity contribution in [1.82, 2.24) is 4.98 Å². The number of aromatic nitrogens is 1. The molecule has 0 aromatic carbocycles. The predicted molar refractivity (Wildman–Crippen MR) is 67.5 cm³/mol. The largest absolute Gasteiger partial charge is 0.397 e. The normalized spacial score (nSPS) is 10.3. The molecule has 1 aromatic rings. The van der Waals surface area contributed by atoms with Gasteiger partial charge in [-0.1, -0.05) is 0 Å². The molecule has 0 saturated carbocycles. The third-order valence-electron chi connectivity index (χ3n) is 2.46. The number of nitrogen functional groups attached to an aromatic ring is 1. The molecule has 0 bridgehead atoms. The van der Waals surface area contributed by atoms with Crippen molar-refractivity contribution in [3.63, 3.8) is 0 Å². The number of anilines is 2. The van der Waals surface area contributed by atoms with Gasteiger partial charge in [-0.25, -0.2) is 4.98 Å². The first-order chi connectivity index (χ1) is 8.10. The highest BCUT2D eigenvalue weighted by atomic mass is 16.3. The van der Waals surface area contributed by atoms with Gasteiger partial charge in [0.15, 0.2) is 0 Å². The van der Waals surface area contributed by atoms with E-state index in [1.54, 1.807) is 12.3 Å². The van der Waals surface area contributed by atoms with Crippen LogP contribution in [0, 0.1) is 11.3 Å². The lowest BCUT2D eigenvalue weighted by Crippen LogP contribution is -2.33. The highest BCUT2D eigenvalue weighted by Crippen LogP contribution is 2.21. The van der Waals surface area contributed by atoms with Crippen LogP contribution in [0.3, 0.4) is 0 Å². The fourth-order valence-electron chi connectivity index (χ4n) is 1.63. The van der Waals surface area contributed by atoms with Crippen LogP contribution in [0.5, 0.6) is 0 Å². The number of nitrogens with zero attached hydrogens (tertiary/aromatic N) is 3. The number of hydrogen-bond acceptors (Lipinski definition) is 5. The van der Waals surface area contributed by atoms with E-state index in [2.05, 4.69) is 11.1 Å². The molecule has 0 amide bonds. The zero-order valence-corrected chi connectivity index (χ0v) is 10.2. The Kier molecular flexibility index (Phi) is 4.73. The Hall–Kier alpha value is -1.80. The van der Waals surface area contributed by atoms with Crippen molar-refractivity contribution in [2.24, 2.45) is 0 Å². The number of nitriles is 1. The molecule has 17 heavy (non-hydrogen) atoms. The quantitative estimate of drug-likeness (QED) is 0.797. The van der Waals surface area contributed by atoms with Gasteiger partial charge in [0.1, 0.15) is 11.9 Å². The molecule has 0 aliphatic heterocycles. The van der Waals surface area contributed by atoms with Crippen LogP contribution in [0.2, 0.25) is 0 Å². The van der Waals surface area contributed by atoms with Crippen LogP contribution < -0.4 is 10.6 Å². The summed E-state index contributed by atoms with van der Waals surface area (Å²) in [6.07, 6.45) is 2.19. The molecule has 0 fully saturated rings. The van der Waals surface area contributed by atoms with Crippen LogP contribution in [0.4, 0.5) is 11.5 Å². The summed E-state index contributed by atoms with van der Waals surface area (Å²) in [4.78, 5) is 6.21. The highest BCUT2D eigenvalue weighted by molar-refractivity contribution is 5.59. The standard InChI is InChI=1S/C12H18N4O/c1-9(2)16(4-3-5-17)12-10(7-13)6-11(14)8-15-12/h6,8-9,17H,3-5,14H2,1-2H3. The van der Waals surface area contributed by atoms with Gasteiger partial charge in [0.2, 0.25) is 0 Å². The Bertz CT molecular complexity index is 411. The van der Waals surface area contributed by atoms with Crippen LogP contribution in [0.15, 0.2) is 12.3 Å². The van der Waals surface area contributed by atoms with Crippen molar-refractivity contribution in [3.8, 4) is 6.07 Å². The topological polar surface area (TPSA) is 86.2 Å². The zero-order chi connectivity index (χ0) is 12.8. The Morgan fingerprint density at radius 3 is 2.82 bits per heavy atom. The molecule has 0 radical (unpaired) electrons. The summed E-state index contributed by atoms with van der Waals surface area (Å²) in [6, 6.07) is 3.94. The van der Waals surface area contributed by atoms with Crippen molar-refractivity contribution >= 4 is 11.5 Å². The first-order valence-corrected chi connectivity index (χ1v) is 5.63. The molecule has 0 spiro atoms. The predicted octanol–water partition coefficient (Wildman–Crippen LogP) is 1.13. The van der Waals surface area contributed by atoms with Gasteiger partial charge in [-0.3, -0.25) is 0 Å². The monoisotopic (exact) mass is 234 g/mol. The SMILES string of the molecule is CC(C)N(CCCO)c1ncc(N)cc1C#N. The number of nitrogens with two attached hydrogens (primary N) is 1. The number of aliphatic hydroxyl groups is 1. The Morgan fingerprint density at radius 1 is 1.59 bits per heavy atom. The average Bonchev–Trinajstić information content (AvgIpc) is 2.30. The van der Waals surface area contributed by atoms with Gasteiger partial charge >= 0.3 is 0 Å².